The van der Waals surface area contributed by atoms with Gasteiger partial charge in [0.2, 0.25) is 0 Å². The van der Waals surface area contributed by atoms with Gasteiger partial charge in [0.15, 0.2) is 0 Å². The number of benzene rings is 1. The average Bonchev–Trinajstić information content (AvgIpc) is 2.08. The largest absolute Gasteiger partial charge is 0.508 e. The van der Waals surface area contributed by atoms with Crippen LogP contribution in [-0.2, 0) is 6.54 Å². The van der Waals surface area contributed by atoms with Crippen molar-refractivity contribution in [2.24, 2.45) is 0 Å². The van der Waals surface area contributed by atoms with Crippen LogP contribution in [0.5, 0.6) is 5.75 Å². The molecule has 0 spiro atoms. The van der Waals surface area contributed by atoms with Crippen molar-refractivity contribution in [3.05, 3.63) is 29.3 Å². The Morgan fingerprint density at radius 2 is 2.08 bits per heavy atom. The zero-order chi connectivity index (χ0) is 9.84. The molecule has 0 saturated carbocycles. The van der Waals surface area contributed by atoms with Gasteiger partial charge in [0.25, 0.3) is 0 Å². The van der Waals surface area contributed by atoms with Crippen molar-refractivity contribution in [1.29, 1.82) is 0 Å². The topological polar surface area (TPSA) is 32.3 Å². The monoisotopic (exact) mass is 179 g/mol. The van der Waals surface area contributed by atoms with Crippen molar-refractivity contribution in [2.75, 3.05) is 7.05 Å². The summed E-state index contributed by atoms with van der Waals surface area (Å²) in [5, 5.41) is 12.6. The molecule has 0 amide bonds. The summed E-state index contributed by atoms with van der Waals surface area (Å²) in [6.45, 7) is 5.01. The number of aromatic hydroxyl groups is 1. The number of phenolic OH excluding ortho intramolecular Hbond substituents is 1. The molecular weight excluding hydrogens is 162 g/mol. The standard InChI is InChI=1S/C11H17NO/c1-8(2)10-6-9(7-12-3)4-5-11(10)13/h4-6,8,12-13H,7H2,1-3H3. The van der Waals surface area contributed by atoms with Crippen LogP contribution in [0.3, 0.4) is 0 Å². The van der Waals surface area contributed by atoms with Crippen molar-refractivity contribution < 1.29 is 5.11 Å². The highest BCUT2D eigenvalue weighted by Crippen LogP contribution is 2.25. The predicted molar refractivity (Wildman–Crippen MR) is 55.0 cm³/mol. The summed E-state index contributed by atoms with van der Waals surface area (Å²) in [4.78, 5) is 0. The van der Waals surface area contributed by atoms with Crippen LogP contribution < -0.4 is 5.32 Å². The lowest BCUT2D eigenvalue weighted by atomic mass is 10.00. The second-order valence-electron chi connectivity index (χ2n) is 3.58. The molecule has 0 unspecified atom stereocenters. The normalized spacial score (nSPS) is 10.8. The lowest BCUT2D eigenvalue weighted by Crippen LogP contribution is -2.05. The van der Waals surface area contributed by atoms with E-state index >= 15 is 0 Å². The molecule has 1 rings (SSSR count). The quantitative estimate of drug-likeness (QED) is 0.745. The van der Waals surface area contributed by atoms with Gasteiger partial charge < -0.3 is 10.4 Å². The molecule has 13 heavy (non-hydrogen) atoms. The Hall–Kier alpha value is -1.02. The summed E-state index contributed by atoms with van der Waals surface area (Å²) in [7, 11) is 1.92. The molecule has 0 saturated heterocycles. The fraction of sp³-hybridized carbons (Fsp3) is 0.455. The SMILES string of the molecule is CNCc1ccc(O)c(C(C)C)c1. The van der Waals surface area contributed by atoms with Gasteiger partial charge >= 0.3 is 0 Å². The molecule has 0 aliphatic rings. The van der Waals surface area contributed by atoms with Crippen LogP contribution in [0.1, 0.15) is 30.9 Å². The van der Waals surface area contributed by atoms with Gasteiger partial charge in [-0.25, -0.2) is 0 Å². The second kappa shape index (κ2) is 4.28. The number of hydrogen-bond acceptors (Lipinski definition) is 2. The van der Waals surface area contributed by atoms with E-state index in [0.29, 0.717) is 11.7 Å². The first-order valence-electron chi connectivity index (χ1n) is 4.61. The van der Waals surface area contributed by atoms with Crippen molar-refractivity contribution >= 4 is 0 Å². The molecule has 2 N–H and O–H groups in total. The molecule has 1 aromatic carbocycles. The van der Waals surface area contributed by atoms with Crippen LogP contribution in [0.25, 0.3) is 0 Å². The van der Waals surface area contributed by atoms with Crippen molar-refractivity contribution in [3.63, 3.8) is 0 Å². The van der Waals surface area contributed by atoms with Crippen LogP contribution in [0.4, 0.5) is 0 Å². The van der Waals surface area contributed by atoms with Crippen molar-refractivity contribution in [1.82, 2.24) is 5.32 Å². The molecule has 72 valence electrons. The van der Waals surface area contributed by atoms with Gasteiger partial charge in [0, 0.05) is 6.54 Å². The van der Waals surface area contributed by atoms with Crippen LogP contribution in [0.2, 0.25) is 0 Å². The number of phenols is 1. The van der Waals surface area contributed by atoms with Crippen molar-refractivity contribution in [2.45, 2.75) is 26.3 Å². The van der Waals surface area contributed by atoms with Gasteiger partial charge in [0.05, 0.1) is 0 Å². The van der Waals surface area contributed by atoms with E-state index in [2.05, 4.69) is 25.2 Å². The Morgan fingerprint density at radius 1 is 1.38 bits per heavy atom. The van der Waals surface area contributed by atoms with E-state index in [0.717, 1.165) is 12.1 Å². The van der Waals surface area contributed by atoms with Gasteiger partial charge in [0.1, 0.15) is 5.75 Å². The minimum Gasteiger partial charge on any atom is -0.508 e. The van der Waals surface area contributed by atoms with E-state index in [1.165, 1.54) is 5.56 Å². The highest BCUT2D eigenvalue weighted by molar-refractivity contribution is 5.38. The van der Waals surface area contributed by atoms with E-state index < -0.39 is 0 Å². The van der Waals surface area contributed by atoms with Crippen molar-refractivity contribution in [3.8, 4) is 5.75 Å². The molecule has 0 bridgehead atoms. The highest BCUT2D eigenvalue weighted by Gasteiger charge is 2.05. The van der Waals surface area contributed by atoms with E-state index in [4.69, 9.17) is 0 Å². The molecular formula is C11H17NO. The Bertz CT molecular complexity index is 281. The molecule has 0 atom stereocenters. The maximum atomic E-state index is 9.55. The van der Waals surface area contributed by atoms with Gasteiger partial charge in [-0.1, -0.05) is 26.0 Å². The van der Waals surface area contributed by atoms with Gasteiger partial charge in [-0.15, -0.1) is 0 Å². The lowest BCUT2D eigenvalue weighted by molar-refractivity contribution is 0.464. The zero-order valence-corrected chi connectivity index (χ0v) is 8.46. The maximum absolute atomic E-state index is 9.55. The first kappa shape index (κ1) is 10.1. The molecule has 0 aliphatic carbocycles. The van der Waals surface area contributed by atoms with Gasteiger partial charge in [-0.3, -0.25) is 0 Å². The van der Waals surface area contributed by atoms with Crippen LogP contribution in [-0.4, -0.2) is 12.2 Å². The molecule has 0 heterocycles. The number of nitrogens with one attached hydrogen (secondary N) is 1. The molecule has 0 radical (unpaired) electrons. The fourth-order valence-electron chi connectivity index (χ4n) is 1.38. The fourth-order valence-corrected chi connectivity index (χ4v) is 1.38. The van der Waals surface area contributed by atoms with Crippen LogP contribution >= 0.6 is 0 Å². The molecule has 0 aromatic heterocycles. The first-order chi connectivity index (χ1) is 6.15. The summed E-state index contributed by atoms with van der Waals surface area (Å²) < 4.78 is 0. The van der Waals surface area contributed by atoms with Crippen LogP contribution in [0, 0.1) is 0 Å². The van der Waals surface area contributed by atoms with Gasteiger partial charge in [-0.05, 0) is 30.2 Å². The zero-order valence-electron chi connectivity index (χ0n) is 8.46. The third-order valence-electron chi connectivity index (χ3n) is 2.09. The third-order valence-corrected chi connectivity index (χ3v) is 2.09. The minimum atomic E-state index is 0.372. The minimum absolute atomic E-state index is 0.372. The second-order valence-corrected chi connectivity index (χ2v) is 3.58. The van der Waals surface area contributed by atoms with Crippen LogP contribution in [0.15, 0.2) is 18.2 Å². The van der Waals surface area contributed by atoms with E-state index in [1.54, 1.807) is 6.07 Å². The summed E-state index contributed by atoms with van der Waals surface area (Å²) in [5.74, 6) is 0.770. The third kappa shape index (κ3) is 2.46. The highest BCUT2D eigenvalue weighted by atomic mass is 16.3. The maximum Gasteiger partial charge on any atom is 0.119 e. The summed E-state index contributed by atoms with van der Waals surface area (Å²) >= 11 is 0. The molecule has 2 nitrogen and oxygen atoms in total. The smallest absolute Gasteiger partial charge is 0.119 e. The van der Waals surface area contributed by atoms with E-state index in [9.17, 15) is 5.11 Å². The Morgan fingerprint density at radius 3 is 2.62 bits per heavy atom. The molecule has 2 heteroatoms. The Kier molecular flexibility index (Phi) is 3.32. The average molecular weight is 179 g/mol. The summed E-state index contributed by atoms with van der Waals surface area (Å²) in [6, 6.07) is 5.76. The Balaban J connectivity index is 2.97. The number of rotatable bonds is 3. The van der Waals surface area contributed by atoms with E-state index in [1.807, 2.05) is 13.1 Å². The first-order valence-corrected chi connectivity index (χ1v) is 4.61. The molecule has 1 aromatic rings. The van der Waals surface area contributed by atoms with Gasteiger partial charge in [-0.2, -0.15) is 0 Å². The number of hydrogen-bond donors (Lipinski definition) is 2. The van der Waals surface area contributed by atoms with E-state index in [-0.39, 0.29) is 0 Å². The summed E-state index contributed by atoms with van der Waals surface area (Å²) in [5.41, 5.74) is 2.23. The predicted octanol–water partition coefficient (Wildman–Crippen LogP) is 2.24. The molecule has 0 fully saturated rings. The Labute approximate surface area is 79.6 Å². The molecule has 0 aliphatic heterocycles. The summed E-state index contributed by atoms with van der Waals surface area (Å²) in [6.07, 6.45) is 0. The lowest BCUT2D eigenvalue weighted by Gasteiger charge is -2.10.